The van der Waals surface area contributed by atoms with Crippen LogP contribution in [-0.2, 0) is 9.53 Å². The molecule has 0 saturated carbocycles. The van der Waals surface area contributed by atoms with E-state index < -0.39 is 5.41 Å². The molecule has 1 amide bonds. The highest BCUT2D eigenvalue weighted by molar-refractivity contribution is 6.19. The summed E-state index contributed by atoms with van der Waals surface area (Å²) in [5.74, 6) is 1.19. The van der Waals surface area contributed by atoms with E-state index in [0.717, 1.165) is 32.1 Å². The second-order valence-electron chi connectivity index (χ2n) is 5.47. The first-order valence-corrected chi connectivity index (χ1v) is 7.02. The van der Waals surface area contributed by atoms with Gasteiger partial charge in [-0.25, -0.2) is 0 Å². The van der Waals surface area contributed by atoms with Gasteiger partial charge < -0.3 is 10.1 Å². The van der Waals surface area contributed by atoms with Gasteiger partial charge in [-0.15, -0.1) is 11.6 Å². The Morgan fingerprint density at radius 2 is 2.06 bits per heavy atom. The zero-order chi connectivity index (χ0) is 12.7. The fraction of sp³-hybridized carbons (Fsp3) is 0.923. The quantitative estimate of drug-likeness (QED) is 0.590. The average molecular weight is 262 g/mol. The Morgan fingerprint density at radius 3 is 2.65 bits per heavy atom. The zero-order valence-corrected chi connectivity index (χ0v) is 11.7. The van der Waals surface area contributed by atoms with Crippen LogP contribution in [-0.4, -0.2) is 31.5 Å². The third-order valence-corrected chi connectivity index (χ3v) is 4.03. The first kappa shape index (κ1) is 14.8. The van der Waals surface area contributed by atoms with Crippen molar-refractivity contribution in [1.82, 2.24) is 5.32 Å². The number of hydrogen-bond acceptors (Lipinski definition) is 2. The van der Waals surface area contributed by atoms with Crippen molar-refractivity contribution in [2.75, 3.05) is 25.6 Å². The van der Waals surface area contributed by atoms with Crippen LogP contribution >= 0.6 is 11.6 Å². The van der Waals surface area contributed by atoms with Crippen LogP contribution < -0.4 is 5.32 Å². The maximum absolute atomic E-state index is 11.7. The van der Waals surface area contributed by atoms with Crippen molar-refractivity contribution >= 4 is 17.5 Å². The second kappa shape index (κ2) is 7.22. The molecule has 0 spiro atoms. The molecule has 100 valence electrons. The van der Waals surface area contributed by atoms with E-state index in [-0.39, 0.29) is 5.91 Å². The van der Waals surface area contributed by atoms with Gasteiger partial charge >= 0.3 is 0 Å². The summed E-state index contributed by atoms with van der Waals surface area (Å²) in [6.07, 6.45) is 4.57. The average Bonchev–Trinajstić information content (AvgIpc) is 2.35. The summed E-state index contributed by atoms with van der Waals surface area (Å²) in [4.78, 5) is 11.7. The maximum atomic E-state index is 11.7. The van der Waals surface area contributed by atoms with Gasteiger partial charge in [-0.2, -0.15) is 0 Å². The molecule has 0 aromatic rings. The molecule has 1 heterocycles. The topological polar surface area (TPSA) is 38.3 Å². The first-order valence-electron chi connectivity index (χ1n) is 6.48. The van der Waals surface area contributed by atoms with Crippen molar-refractivity contribution in [2.24, 2.45) is 11.3 Å². The third-order valence-electron chi connectivity index (χ3n) is 3.36. The molecular weight excluding hydrogens is 238 g/mol. The smallest absolute Gasteiger partial charge is 0.226 e. The predicted molar refractivity (Wildman–Crippen MR) is 70.3 cm³/mol. The number of alkyl halides is 1. The van der Waals surface area contributed by atoms with Crippen molar-refractivity contribution in [3.8, 4) is 0 Å². The van der Waals surface area contributed by atoms with Gasteiger partial charge in [-0.1, -0.05) is 0 Å². The lowest BCUT2D eigenvalue weighted by molar-refractivity contribution is -0.128. The summed E-state index contributed by atoms with van der Waals surface area (Å²) < 4.78 is 5.32. The molecule has 0 atom stereocenters. The second-order valence-corrected chi connectivity index (χ2v) is 5.74. The Labute approximate surface area is 109 Å². The normalized spacial score (nSPS) is 18.1. The van der Waals surface area contributed by atoms with Crippen molar-refractivity contribution in [3.05, 3.63) is 0 Å². The molecule has 1 N–H and O–H groups in total. The Morgan fingerprint density at radius 1 is 1.41 bits per heavy atom. The van der Waals surface area contributed by atoms with E-state index in [0.29, 0.717) is 5.88 Å². The SMILES string of the molecule is CC(C)(CCl)C(=O)NCCCC1CCOCC1. The van der Waals surface area contributed by atoms with Gasteiger partial charge in [0, 0.05) is 25.6 Å². The maximum Gasteiger partial charge on any atom is 0.226 e. The number of carbonyl (C=O) groups is 1. The lowest BCUT2D eigenvalue weighted by Gasteiger charge is -2.23. The van der Waals surface area contributed by atoms with E-state index in [2.05, 4.69) is 5.32 Å². The minimum Gasteiger partial charge on any atom is -0.381 e. The molecule has 1 fully saturated rings. The van der Waals surface area contributed by atoms with Gasteiger partial charge in [0.15, 0.2) is 0 Å². The van der Waals surface area contributed by atoms with Gasteiger partial charge in [0.1, 0.15) is 0 Å². The molecule has 1 aliphatic heterocycles. The summed E-state index contributed by atoms with van der Waals surface area (Å²) in [6.45, 7) is 6.30. The third kappa shape index (κ3) is 5.26. The Bertz CT molecular complexity index is 238. The molecule has 0 radical (unpaired) electrons. The minimum atomic E-state index is -0.458. The predicted octanol–water partition coefficient (Wildman–Crippen LogP) is 2.57. The van der Waals surface area contributed by atoms with Gasteiger partial charge in [0.05, 0.1) is 5.41 Å². The summed E-state index contributed by atoms with van der Waals surface area (Å²) >= 11 is 5.75. The van der Waals surface area contributed by atoms with Gasteiger partial charge in [-0.3, -0.25) is 4.79 Å². The van der Waals surface area contributed by atoms with Crippen molar-refractivity contribution in [3.63, 3.8) is 0 Å². The van der Waals surface area contributed by atoms with E-state index in [1.807, 2.05) is 13.8 Å². The summed E-state index contributed by atoms with van der Waals surface area (Å²) in [7, 11) is 0. The highest BCUT2D eigenvalue weighted by Gasteiger charge is 2.25. The van der Waals surface area contributed by atoms with E-state index in [9.17, 15) is 4.79 Å². The molecule has 1 saturated heterocycles. The van der Waals surface area contributed by atoms with Crippen molar-refractivity contribution in [2.45, 2.75) is 39.5 Å². The molecule has 1 rings (SSSR count). The van der Waals surface area contributed by atoms with Crippen LogP contribution in [0, 0.1) is 11.3 Å². The molecule has 4 heteroatoms. The molecule has 0 aliphatic carbocycles. The van der Waals surface area contributed by atoms with Crippen LogP contribution in [0.4, 0.5) is 0 Å². The number of amides is 1. The molecular formula is C13H24ClNO2. The van der Waals surface area contributed by atoms with Crippen LogP contribution in [0.2, 0.25) is 0 Å². The van der Waals surface area contributed by atoms with Crippen LogP contribution in [0.3, 0.4) is 0 Å². The molecule has 3 nitrogen and oxygen atoms in total. The number of carbonyl (C=O) groups excluding carboxylic acids is 1. The van der Waals surface area contributed by atoms with Crippen LogP contribution in [0.15, 0.2) is 0 Å². The van der Waals surface area contributed by atoms with Gasteiger partial charge in [-0.05, 0) is 45.4 Å². The molecule has 0 aromatic carbocycles. The molecule has 0 unspecified atom stereocenters. The highest BCUT2D eigenvalue weighted by atomic mass is 35.5. The summed E-state index contributed by atoms with van der Waals surface area (Å²) in [6, 6.07) is 0. The lowest BCUT2D eigenvalue weighted by atomic mass is 9.94. The summed E-state index contributed by atoms with van der Waals surface area (Å²) in [5.41, 5.74) is -0.458. The first-order chi connectivity index (χ1) is 8.06. The molecule has 0 aromatic heterocycles. The van der Waals surface area contributed by atoms with E-state index in [1.54, 1.807) is 0 Å². The largest absolute Gasteiger partial charge is 0.381 e. The van der Waals surface area contributed by atoms with E-state index in [1.165, 1.54) is 19.3 Å². The monoisotopic (exact) mass is 261 g/mol. The van der Waals surface area contributed by atoms with Gasteiger partial charge in [0.25, 0.3) is 0 Å². The minimum absolute atomic E-state index is 0.0551. The molecule has 0 bridgehead atoms. The number of ether oxygens (including phenoxy) is 1. The standard InChI is InChI=1S/C13H24ClNO2/c1-13(2,10-14)12(16)15-7-3-4-11-5-8-17-9-6-11/h11H,3-10H2,1-2H3,(H,15,16). The highest BCUT2D eigenvalue weighted by Crippen LogP contribution is 2.20. The van der Waals surface area contributed by atoms with Gasteiger partial charge in [0.2, 0.25) is 5.91 Å². The Balaban J connectivity index is 2.09. The fourth-order valence-corrected chi connectivity index (χ4v) is 2.05. The zero-order valence-electron chi connectivity index (χ0n) is 10.9. The number of rotatable bonds is 6. The van der Waals surface area contributed by atoms with Crippen LogP contribution in [0.1, 0.15) is 39.5 Å². The number of nitrogens with one attached hydrogen (secondary N) is 1. The fourth-order valence-electron chi connectivity index (χ4n) is 1.93. The Kier molecular flexibility index (Phi) is 6.28. The van der Waals surface area contributed by atoms with E-state index in [4.69, 9.17) is 16.3 Å². The summed E-state index contributed by atoms with van der Waals surface area (Å²) in [5, 5.41) is 2.96. The van der Waals surface area contributed by atoms with Crippen LogP contribution in [0.25, 0.3) is 0 Å². The van der Waals surface area contributed by atoms with Crippen molar-refractivity contribution in [1.29, 1.82) is 0 Å². The molecule has 17 heavy (non-hydrogen) atoms. The molecule has 1 aliphatic rings. The van der Waals surface area contributed by atoms with Crippen LogP contribution in [0.5, 0.6) is 0 Å². The number of halogens is 1. The lowest BCUT2D eigenvalue weighted by Crippen LogP contribution is -2.38. The number of hydrogen-bond donors (Lipinski definition) is 1. The van der Waals surface area contributed by atoms with E-state index >= 15 is 0 Å². The Hall–Kier alpha value is -0.280. The van der Waals surface area contributed by atoms with Crippen molar-refractivity contribution < 1.29 is 9.53 Å².